The first-order chi connectivity index (χ1) is 9.29. The van der Waals surface area contributed by atoms with Crippen LogP contribution in [-0.4, -0.2) is 36.9 Å². The third kappa shape index (κ3) is 3.19. The number of aliphatic carboxylic acids is 1. The molecule has 0 amide bonds. The van der Waals surface area contributed by atoms with E-state index in [2.05, 4.69) is 0 Å². The van der Waals surface area contributed by atoms with E-state index in [1.54, 1.807) is 12.1 Å². The number of benzene rings is 1. The minimum absolute atomic E-state index is 0.0267. The zero-order valence-electron chi connectivity index (χ0n) is 11.7. The van der Waals surface area contributed by atoms with Gasteiger partial charge in [-0.2, -0.15) is 4.31 Å². The molecule has 1 saturated heterocycles. The summed E-state index contributed by atoms with van der Waals surface area (Å²) in [6.07, 6.45) is 0.634. The van der Waals surface area contributed by atoms with Gasteiger partial charge < -0.3 is 5.11 Å². The lowest BCUT2D eigenvalue weighted by atomic mass is 10.1. The zero-order valence-corrected chi connectivity index (χ0v) is 12.5. The number of aryl methyl sites for hydroxylation is 2. The Bertz CT molecular complexity index is 604. The van der Waals surface area contributed by atoms with Gasteiger partial charge in [-0.25, -0.2) is 8.42 Å². The molecule has 1 aromatic rings. The first kappa shape index (κ1) is 15.0. The van der Waals surface area contributed by atoms with Crippen molar-refractivity contribution in [2.75, 3.05) is 13.1 Å². The number of hydrogen-bond acceptors (Lipinski definition) is 3. The maximum absolute atomic E-state index is 12.5. The molecule has 1 N–H and O–H groups in total. The first-order valence-electron chi connectivity index (χ1n) is 6.59. The topological polar surface area (TPSA) is 74.7 Å². The fourth-order valence-corrected chi connectivity index (χ4v) is 4.38. The molecule has 0 aliphatic carbocycles. The highest BCUT2D eigenvalue weighted by atomic mass is 32.2. The summed E-state index contributed by atoms with van der Waals surface area (Å²) < 4.78 is 26.5. The van der Waals surface area contributed by atoms with Crippen molar-refractivity contribution in [2.45, 2.75) is 31.6 Å². The van der Waals surface area contributed by atoms with E-state index < -0.39 is 16.0 Å². The monoisotopic (exact) mass is 297 g/mol. The van der Waals surface area contributed by atoms with Crippen LogP contribution in [-0.2, 0) is 14.8 Å². The summed E-state index contributed by atoms with van der Waals surface area (Å²) in [7, 11) is -3.51. The summed E-state index contributed by atoms with van der Waals surface area (Å²) in [6.45, 7) is 4.42. The lowest BCUT2D eigenvalue weighted by Crippen LogP contribution is -2.29. The minimum Gasteiger partial charge on any atom is -0.481 e. The Balaban J connectivity index is 2.21. The highest BCUT2D eigenvalue weighted by molar-refractivity contribution is 7.89. The van der Waals surface area contributed by atoms with E-state index in [1.165, 1.54) is 4.31 Å². The SMILES string of the molecule is Cc1cc(C)cc(S(=O)(=O)N2CCC(CC(=O)O)C2)c1. The van der Waals surface area contributed by atoms with Crippen LogP contribution in [0.3, 0.4) is 0 Å². The van der Waals surface area contributed by atoms with Crippen molar-refractivity contribution in [2.24, 2.45) is 5.92 Å². The third-order valence-corrected chi connectivity index (χ3v) is 5.39. The molecule has 1 unspecified atom stereocenters. The number of carboxylic acids is 1. The molecule has 6 heteroatoms. The minimum atomic E-state index is -3.51. The van der Waals surface area contributed by atoms with Crippen LogP contribution in [0.15, 0.2) is 23.1 Å². The highest BCUT2D eigenvalue weighted by Gasteiger charge is 2.33. The van der Waals surface area contributed by atoms with Crippen LogP contribution in [0.2, 0.25) is 0 Å². The van der Waals surface area contributed by atoms with Gasteiger partial charge in [-0.15, -0.1) is 0 Å². The quantitative estimate of drug-likeness (QED) is 0.919. The van der Waals surface area contributed by atoms with Crippen LogP contribution < -0.4 is 0 Å². The second kappa shape index (κ2) is 5.54. The van der Waals surface area contributed by atoms with Crippen molar-refractivity contribution in [1.29, 1.82) is 0 Å². The number of carboxylic acid groups (broad SMARTS) is 1. The molecule has 1 atom stereocenters. The summed E-state index contributed by atoms with van der Waals surface area (Å²) in [5.74, 6) is -0.964. The van der Waals surface area contributed by atoms with E-state index in [4.69, 9.17) is 5.11 Å². The van der Waals surface area contributed by atoms with E-state index in [-0.39, 0.29) is 12.3 Å². The van der Waals surface area contributed by atoms with Crippen LogP contribution >= 0.6 is 0 Å². The third-order valence-electron chi connectivity index (χ3n) is 3.54. The van der Waals surface area contributed by atoms with E-state index >= 15 is 0 Å². The molecule has 2 rings (SSSR count). The molecule has 0 aromatic heterocycles. The molecule has 1 aliphatic rings. The van der Waals surface area contributed by atoms with Crippen molar-refractivity contribution in [3.8, 4) is 0 Å². The normalized spacial score (nSPS) is 20.2. The Kier molecular flexibility index (Phi) is 4.15. The van der Waals surface area contributed by atoms with Gasteiger partial charge in [0.15, 0.2) is 0 Å². The fourth-order valence-electron chi connectivity index (χ4n) is 2.66. The number of rotatable bonds is 4. The van der Waals surface area contributed by atoms with Crippen molar-refractivity contribution in [3.63, 3.8) is 0 Å². The van der Waals surface area contributed by atoms with Crippen molar-refractivity contribution in [1.82, 2.24) is 4.31 Å². The first-order valence-corrected chi connectivity index (χ1v) is 8.03. The van der Waals surface area contributed by atoms with Gasteiger partial charge in [-0.05, 0) is 49.4 Å². The van der Waals surface area contributed by atoms with Crippen molar-refractivity contribution < 1.29 is 18.3 Å². The molecular weight excluding hydrogens is 278 g/mol. The standard InChI is InChI=1S/C14H19NO4S/c1-10-5-11(2)7-13(6-10)20(18,19)15-4-3-12(9-15)8-14(16)17/h5-7,12H,3-4,8-9H2,1-2H3,(H,16,17). The molecule has 0 radical (unpaired) electrons. The predicted octanol–water partition coefficient (Wildman–Crippen LogP) is 1.79. The number of nitrogens with zero attached hydrogens (tertiary/aromatic N) is 1. The Morgan fingerprint density at radius 2 is 1.90 bits per heavy atom. The molecule has 1 aliphatic heterocycles. The van der Waals surface area contributed by atoms with Crippen molar-refractivity contribution >= 4 is 16.0 Å². The smallest absolute Gasteiger partial charge is 0.303 e. The second-order valence-corrected chi connectivity index (χ2v) is 7.38. The van der Waals surface area contributed by atoms with Gasteiger partial charge in [0.1, 0.15) is 0 Å². The predicted molar refractivity (Wildman–Crippen MR) is 75.0 cm³/mol. The van der Waals surface area contributed by atoms with Crippen molar-refractivity contribution in [3.05, 3.63) is 29.3 Å². The Morgan fingerprint density at radius 3 is 2.45 bits per heavy atom. The summed E-state index contributed by atoms with van der Waals surface area (Å²) >= 11 is 0. The van der Waals surface area contributed by atoms with Gasteiger partial charge in [0.2, 0.25) is 10.0 Å². The van der Waals surface area contributed by atoms with Gasteiger partial charge in [-0.1, -0.05) is 6.07 Å². The lowest BCUT2D eigenvalue weighted by molar-refractivity contribution is -0.137. The van der Waals surface area contributed by atoms with Crippen LogP contribution in [0.5, 0.6) is 0 Å². The molecule has 1 fully saturated rings. The van der Waals surface area contributed by atoms with Gasteiger partial charge in [-0.3, -0.25) is 4.79 Å². The van der Waals surface area contributed by atoms with Crippen LogP contribution in [0.4, 0.5) is 0 Å². The molecule has 20 heavy (non-hydrogen) atoms. The molecule has 1 heterocycles. The Labute approximate surface area is 119 Å². The van der Waals surface area contributed by atoms with E-state index in [1.807, 2.05) is 19.9 Å². The van der Waals surface area contributed by atoms with Gasteiger partial charge in [0.25, 0.3) is 0 Å². The summed E-state index contributed by atoms with van der Waals surface area (Å²) in [4.78, 5) is 11.0. The Morgan fingerprint density at radius 1 is 1.30 bits per heavy atom. The van der Waals surface area contributed by atoms with Crippen LogP contribution in [0, 0.1) is 19.8 Å². The zero-order chi connectivity index (χ0) is 14.9. The number of carbonyl (C=O) groups is 1. The van der Waals surface area contributed by atoms with Gasteiger partial charge >= 0.3 is 5.97 Å². The van der Waals surface area contributed by atoms with Gasteiger partial charge in [0.05, 0.1) is 4.90 Å². The van der Waals surface area contributed by atoms with E-state index in [0.29, 0.717) is 24.4 Å². The Hall–Kier alpha value is -1.40. The average Bonchev–Trinajstić information content (AvgIpc) is 2.75. The maximum atomic E-state index is 12.5. The number of sulfonamides is 1. The van der Waals surface area contributed by atoms with Crippen LogP contribution in [0.1, 0.15) is 24.0 Å². The van der Waals surface area contributed by atoms with E-state index in [9.17, 15) is 13.2 Å². The van der Waals surface area contributed by atoms with Crippen LogP contribution in [0.25, 0.3) is 0 Å². The fraction of sp³-hybridized carbons (Fsp3) is 0.500. The molecule has 5 nitrogen and oxygen atoms in total. The molecular formula is C14H19NO4S. The highest BCUT2D eigenvalue weighted by Crippen LogP contribution is 2.27. The summed E-state index contributed by atoms with van der Waals surface area (Å²) in [5.41, 5.74) is 1.81. The summed E-state index contributed by atoms with van der Waals surface area (Å²) in [5, 5.41) is 8.78. The second-order valence-electron chi connectivity index (χ2n) is 5.44. The lowest BCUT2D eigenvalue weighted by Gasteiger charge is -2.17. The van der Waals surface area contributed by atoms with E-state index in [0.717, 1.165) is 11.1 Å². The average molecular weight is 297 g/mol. The molecule has 110 valence electrons. The molecule has 0 bridgehead atoms. The molecule has 0 saturated carbocycles. The molecule has 1 aromatic carbocycles. The molecule has 0 spiro atoms. The maximum Gasteiger partial charge on any atom is 0.303 e. The summed E-state index contributed by atoms with van der Waals surface area (Å²) in [6, 6.07) is 5.25. The largest absolute Gasteiger partial charge is 0.481 e. The van der Waals surface area contributed by atoms with Gasteiger partial charge in [0, 0.05) is 19.5 Å². The number of hydrogen-bond donors (Lipinski definition) is 1.